The Bertz CT molecular complexity index is 1040. The molecular formula is C19H18F2N6O. The predicted octanol–water partition coefficient (Wildman–Crippen LogP) is 2.02. The standard InChI is InChI=1S/C19H18F2N6O/c1-11(28)17-6-16(25-27(17)8-12-4-2-3-5-14(12)20)18-23-7-15(21)19(24-18)26-9-13(22)10-26/h2-7,13H,8-10,22H2,1H3. The van der Waals surface area contributed by atoms with Crippen molar-refractivity contribution in [2.45, 2.75) is 19.5 Å². The molecular weight excluding hydrogens is 366 g/mol. The lowest BCUT2D eigenvalue weighted by Crippen LogP contribution is -2.56. The zero-order valence-corrected chi connectivity index (χ0v) is 15.1. The SMILES string of the molecule is CC(=O)c1cc(-c2ncc(F)c(N3CC(N)C3)n2)nn1Cc1ccccc1F. The first kappa shape index (κ1) is 18.2. The van der Waals surface area contributed by atoms with Crippen molar-refractivity contribution in [3.05, 3.63) is 59.4 Å². The van der Waals surface area contributed by atoms with Crippen molar-refractivity contribution in [3.8, 4) is 11.5 Å². The molecule has 0 saturated carbocycles. The van der Waals surface area contributed by atoms with Crippen molar-refractivity contribution in [1.29, 1.82) is 0 Å². The molecule has 7 nitrogen and oxygen atoms in total. The summed E-state index contributed by atoms with van der Waals surface area (Å²) in [5.74, 6) is -0.825. The highest BCUT2D eigenvalue weighted by Crippen LogP contribution is 2.25. The van der Waals surface area contributed by atoms with E-state index < -0.39 is 5.82 Å². The van der Waals surface area contributed by atoms with Gasteiger partial charge in [-0.3, -0.25) is 9.48 Å². The summed E-state index contributed by atoms with van der Waals surface area (Å²) < 4.78 is 29.5. The van der Waals surface area contributed by atoms with Crippen LogP contribution in [0.3, 0.4) is 0 Å². The molecule has 0 atom stereocenters. The minimum atomic E-state index is -0.548. The number of halogens is 2. The predicted molar refractivity (Wildman–Crippen MR) is 98.9 cm³/mol. The van der Waals surface area contributed by atoms with Crippen LogP contribution in [0.25, 0.3) is 11.5 Å². The van der Waals surface area contributed by atoms with Gasteiger partial charge in [-0.2, -0.15) is 5.10 Å². The molecule has 1 aromatic carbocycles. The van der Waals surface area contributed by atoms with E-state index in [2.05, 4.69) is 15.1 Å². The number of carbonyl (C=O) groups is 1. The van der Waals surface area contributed by atoms with Crippen LogP contribution >= 0.6 is 0 Å². The number of nitrogens with zero attached hydrogens (tertiary/aromatic N) is 5. The molecule has 2 aromatic heterocycles. The number of hydrogen-bond acceptors (Lipinski definition) is 6. The fraction of sp³-hybridized carbons (Fsp3) is 0.263. The second kappa shape index (κ2) is 7.08. The van der Waals surface area contributed by atoms with Crippen LogP contribution in [0.1, 0.15) is 23.0 Å². The average Bonchev–Trinajstić information content (AvgIpc) is 3.06. The number of hydrogen-bond donors (Lipinski definition) is 1. The van der Waals surface area contributed by atoms with Gasteiger partial charge in [0.15, 0.2) is 23.2 Å². The number of aromatic nitrogens is 4. The lowest BCUT2D eigenvalue weighted by Gasteiger charge is -2.37. The lowest BCUT2D eigenvalue weighted by molar-refractivity contribution is 0.100. The van der Waals surface area contributed by atoms with Crippen molar-refractivity contribution in [1.82, 2.24) is 19.7 Å². The summed E-state index contributed by atoms with van der Waals surface area (Å²) in [4.78, 5) is 22.0. The summed E-state index contributed by atoms with van der Waals surface area (Å²) >= 11 is 0. The fourth-order valence-corrected chi connectivity index (χ4v) is 3.11. The number of carbonyl (C=O) groups excluding carboxylic acids is 1. The number of ketones is 1. The maximum atomic E-state index is 14.1. The number of anilines is 1. The first-order valence-corrected chi connectivity index (χ1v) is 8.78. The monoisotopic (exact) mass is 384 g/mol. The first-order valence-electron chi connectivity index (χ1n) is 8.78. The van der Waals surface area contributed by atoms with Crippen LogP contribution in [-0.2, 0) is 6.54 Å². The van der Waals surface area contributed by atoms with E-state index in [-0.39, 0.29) is 35.8 Å². The van der Waals surface area contributed by atoms with Gasteiger partial charge in [0.25, 0.3) is 0 Å². The van der Waals surface area contributed by atoms with E-state index in [4.69, 9.17) is 5.73 Å². The third-order valence-corrected chi connectivity index (χ3v) is 4.58. The van der Waals surface area contributed by atoms with E-state index in [1.807, 2.05) is 0 Å². The summed E-state index contributed by atoms with van der Waals surface area (Å²) in [6.07, 6.45) is 1.07. The Morgan fingerprint density at radius 1 is 1.25 bits per heavy atom. The molecule has 4 rings (SSSR count). The molecule has 0 spiro atoms. The van der Waals surface area contributed by atoms with Gasteiger partial charge < -0.3 is 10.6 Å². The summed E-state index contributed by atoms with van der Waals surface area (Å²) in [6, 6.07) is 7.79. The Balaban J connectivity index is 1.70. The molecule has 28 heavy (non-hydrogen) atoms. The number of benzene rings is 1. The molecule has 0 unspecified atom stereocenters. The molecule has 0 amide bonds. The zero-order valence-electron chi connectivity index (χ0n) is 15.1. The van der Waals surface area contributed by atoms with E-state index in [0.717, 1.165) is 6.20 Å². The maximum Gasteiger partial charge on any atom is 0.183 e. The fourth-order valence-electron chi connectivity index (χ4n) is 3.11. The third-order valence-electron chi connectivity index (χ3n) is 4.58. The van der Waals surface area contributed by atoms with Gasteiger partial charge in [-0.05, 0) is 12.1 Å². The minimum Gasteiger partial charge on any atom is -0.351 e. The van der Waals surface area contributed by atoms with Crippen molar-refractivity contribution in [2.75, 3.05) is 18.0 Å². The Morgan fingerprint density at radius 3 is 2.68 bits per heavy atom. The Kier molecular flexibility index (Phi) is 4.60. The van der Waals surface area contributed by atoms with Crippen molar-refractivity contribution in [2.24, 2.45) is 5.73 Å². The van der Waals surface area contributed by atoms with Crippen LogP contribution in [-0.4, -0.2) is 44.7 Å². The summed E-state index contributed by atoms with van der Waals surface area (Å²) in [5, 5.41) is 4.37. The van der Waals surface area contributed by atoms with Crippen LogP contribution in [0.5, 0.6) is 0 Å². The second-order valence-corrected chi connectivity index (χ2v) is 6.75. The Hall–Kier alpha value is -3.20. The molecule has 2 N–H and O–H groups in total. The number of rotatable bonds is 5. The van der Waals surface area contributed by atoms with E-state index in [1.54, 1.807) is 23.1 Å². The summed E-state index contributed by atoms with van der Waals surface area (Å²) in [5.41, 5.74) is 6.76. The summed E-state index contributed by atoms with van der Waals surface area (Å²) in [7, 11) is 0. The van der Waals surface area contributed by atoms with E-state index in [9.17, 15) is 13.6 Å². The van der Waals surface area contributed by atoms with Crippen LogP contribution in [0, 0.1) is 11.6 Å². The molecule has 3 heterocycles. The van der Waals surface area contributed by atoms with Gasteiger partial charge in [0, 0.05) is 31.6 Å². The van der Waals surface area contributed by atoms with Crippen molar-refractivity contribution in [3.63, 3.8) is 0 Å². The Labute approximate surface area is 159 Å². The van der Waals surface area contributed by atoms with Crippen LogP contribution < -0.4 is 10.6 Å². The molecule has 144 valence electrons. The second-order valence-electron chi connectivity index (χ2n) is 6.75. The molecule has 1 saturated heterocycles. The molecule has 9 heteroatoms. The van der Waals surface area contributed by atoms with Crippen molar-refractivity contribution < 1.29 is 13.6 Å². The van der Waals surface area contributed by atoms with Crippen LogP contribution in [0.15, 0.2) is 36.5 Å². The third kappa shape index (κ3) is 3.36. The van der Waals surface area contributed by atoms with Crippen LogP contribution in [0.2, 0.25) is 0 Å². The smallest absolute Gasteiger partial charge is 0.183 e. The van der Waals surface area contributed by atoms with Gasteiger partial charge in [-0.1, -0.05) is 18.2 Å². The lowest BCUT2D eigenvalue weighted by atomic mass is 10.1. The summed E-state index contributed by atoms with van der Waals surface area (Å²) in [6.45, 7) is 2.50. The highest BCUT2D eigenvalue weighted by Gasteiger charge is 2.28. The normalized spacial score (nSPS) is 14.2. The van der Waals surface area contributed by atoms with Gasteiger partial charge in [0.2, 0.25) is 0 Å². The van der Waals surface area contributed by atoms with E-state index >= 15 is 0 Å². The van der Waals surface area contributed by atoms with E-state index in [1.165, 1.54) is 23.7 Å². The average molecular weight is 384 g/mol. The van der Waals surface area contributed by atoms with E-state index in [0.29, 0.717) is 30.0 Å². The zero-order chi connectivity index (χ0) is 19.8. The largest absolute Gasteiger partial charge is 0.351 e. The van der Waals surface area contributed by atoms with Gasteiger partial charge in [-0.15, -0.1) is 0 Å². The first-order chi connectivity index (χ1) is 13.4. The molecule has 0 bridgehead atoms. The quantitative estimate of drug-likeness (QED) is 0.677. The Morgan fingerprint density at radius 2 is 2.00 bits per heavy atom. The van der Waals surface area contributed by atoms with Gasteiger partial charge in [-0.25, -0.2) is 18.7 Å². The highest BCUT2D eigenvalue weighted by molar-refractivity contribution is 5.93. The molecule has 1 aliphatic heterocycles. The number of Topliss-reactive ketones (excluding diaryl/α,β-unsaturated/α-hetero) is 1. The minimum absolute atomic E-state index is 0.0119. The molecule has 3 aromatic rings. The van der Waals surface area contributed by atoms with Gasteiger partial charge >= 0.3 is 0 Å². The van der Waals surface area contributed by atoms with Gasteiger partial charge in [0.05, 0.1) is 12.7 Å². The molecule has 0 aliphatic carbocycles. The van der Waals surface area contributed by atoms with Crippen LogP contribution in [0.4, 0.5) is 14.6 Å². The van der Waals surface area contributed by atoms with Gasteiger partial charge in [0.1, 0.15) is 17.2 Å². The number of nitrogens with two attached hydrogens (primary N) is 1. The van der Waals surface area contributed by atoms with Crippen molar-refractivity contribution >= 4 is 11.6 Å². The highest BCUT2D eigenvalue weighted by atomic mass is 19.1. The molecule has 0 radical (unpaired) electrons. The molecule has 1 fully saturated rings. The maximum absolute atomic E-state index is 14.1. The topological polar surface area (TPSA) is 89.9 Å². The molecule has 1 aliphatic rings.